The van der Waals surface area contributed by atoms with E-state index in [0.29, 0.717) is 0 Å². The van der Waals surface area contributed by atoms with Crippen molar-refractivity contribution in [1.82, 2.24) is 14.8 Å². The van der Waals surface area contributed by atoms with E-state index in [1.165, 1.54) is 0 Å². The van der Waals surface area contributed by atoms with E-state index in [1.807, 2.05) is 30.7 Å². The van der Waals surface area contributed by atoms with E-state index < -0.39 is 0 Å². The van der Waals surface area contributed by atoms with Crippen LogP contribution in [0.15, 0.2) is 12.1 Å². The van der Waals surface area contributed by atoms with Crippen LogP contribution < -0.4 is 5.73 Å². The molecule has 0 aromatic carbocycles. The fraction of sp³-hybridized carbons (Fsp3) is 0.500. The van der Waals surface area contributed by atoms with E-state index in [1.54, 1.807) is 11.3 Å². The maximum Gasteiger partial charge on any atom is 0.147 e. The SMILES string of the molecule is CCC(N)C(c1ccc(Cl)s1)n1nc(C)nc1C. The molecule has 98 valence electrons. The average Bonchev–Trinajstić information content (AvgIpc) is 2.86. The number of halogens is 1. The molecule has 0 aliphatic heterocycles. The summed E-state index contributed by atoms with van der Waals surface area (Å²) in [7, 11) is 0. The van der Waals surface area contributed by atoms with E-state index in [4.69, 9.17) is 17.3 Å². The number of aromatic nitrogens is 3. The van der Waals surface area contributed by atoms with Crippen LogP contribution in [0.4, 0.5) is 0 Å². The van der Waals surface area contributed by atoms with Gasteiger partial charge in [-0.3, -0.25) is 0 Å². The van der Waals surface area contributed by atoms with Crippen molar-refractivity contribution in [2.45, 2.75) is 39.3 Å². The zero-order chi connectivity index (χ0) is 13.3. The summed E-state index contributed by atoms with van der Waals surface area (Å²) < 4.78 is 2.68. The number of thiophene rings is 1. The largest absolute Gasteiger partial charge is 0.326 e. The van der Waals surface area contributed by atoms with Gasteiger partial charge in [0, 0.05) is 10.9 Å². The number of nitrogens with zero attached hydrogens (tertiary/aromatic N) is 3. The minimum absolute atomic E-state index is 0.000448. The van der Waals surface area contributed by atoms with Crippen LogP contribution in [-0.2, 0) is 0 Å². The van der Waals surface area contributed by atoms with Crippen LogP contribution in [0.3, 0.4) is 0 Å². The Morgan fingerprint density at radius 1 is 1.44 bits per heavy atom. The van der Waals surface area contributed by atoms with Crippen molar-refractivity contribution in [3.8, 4) is 0 Å². The molecule has 0 aliphatic carbocycles. The van der Waals surface area contributed by atoms with Crippen LogP contribution in [0.1, 0.15) is 35.9 Å². The molecule has 0 amide bonds. The number of aryl methyl sites for hydroxylation is 2. The fourth-order valence-corrected chi connectivity index (χ4v) is 3.25. The van der Waals surface area contributed by atoms with Gasteiger partial charge in [0.1, 0.15) is 17.7 Å². The molecule has 18 heavy (non-hydrogen) atoms. The van der Waals surface area contributed by atoms with Gasteiger partial charge >= 0.3 is 0 Å². The molecule has 2 N–H and O–H groups in total. The van der Waals surface area contributed by atoms with Gasteiger partial charge in [0.25, 0.3) is 0 Å². The lowest BCUT2D eigenvalue weighted by molar-refractivity contribution is 0.420. The molecule has 2 unspecified atom stereocenters. The Morgan fingerprint density at radius 3 is 2.61 bits per heavy atom. The Bertz CT molecular complexity index is 534. The molecule has 2 rings (SSSR count). The van der Waals surface area contributed by atoms with E-state index in [9.17, 15) is 0 Å². The summed E-state index contributed by atoms with van der Waals surface area (Å²) in [5, 5.41) is 4.45. The highest BCUT2D eigenvalue weighted by atomic mass is 35.5. The summed E-state index contributed by atoms with van der Waals surface area (Å²) in [5.41, 5.74) is 6.24. The standard InChI is InChI=1S/C12H17ClN4S/c1-4-9(14)12(10-5-6-11(13)18-10)17-8(3)15-7(2)16-17/h5-6,9,12H,4,14H2,1-3H3. The Hall–Kier alpha value is -0.910. The minimum atomic E-state index is -0.000448. The number of hydrogen-bond acceptors (Lipinski definition) is 4. The van der Waals surface area contributed by atoms with Gasteiger partial charge in [-0.1, -0.05) is 18.5 Å². The molecule has 0 aliphatic rings. The van der Waals surface area contributed by atoms with Gasteiger partial charge in [-0.15, -0.1) is 11.3 Å². The fourth-order valence-electron chi connectivity index (χ4n) is 2.02. The zero-order valence-corrected chi connectivity index (χ0v) is 12.3. The molecule has 6 heteroatoms. The van der Waals surface area contributed by atoms with Crippen molar-refractivity contribution in [3.05, 3.63) is 33.0 Å². The molecule has 0 radical (unpaired) electrons. The van der Waals surface area contributed by atoms with Gasteiger partial charge < -0.3 is 5.73 Å². The summed E-state index contributed by atoms with van der Waals surface area (Å²) in [6.45, 7) is 5.91. The third-order valence-corrected chi connectivity index (χ3v) is 4.24. The molecule has 0 spiro atoms. The second-order valence-electron chi connectivity index (χ2n) is 4.31. The first-order chi connectivity index (χ1) is 8.52. The van der Waals surface area contributed by atoms with Gasteiger partial charge in [-0.05, 0) is 32.4 Å². The van der Waals surface area contributed by atoms with Crippen LogP contribution in [0.25, 0.3) is 0 Å². The molecular weight excluding hydrogens is 268 g/mol. The van der Waals surface area contributed by atoms with Crippen molar-refractivity contribution in [1.29, 1.82) is 0 Å². The molecule has 2 aromatic heterocycles. The maximum absolute atomic E-state index is 6.24. The van der Waals surface area contributed by atoms with Crippen LogP contribution in [-0.4, -0.2) is 20.8 Å². The quantitative estimate of drug-likeness (QED) is 0.939. The molecule has 0 saturated heterocycles. The summed E-state index contributed by atoms with van der Waals surface area (Å²) in [6, 6.07) is 3.92. The molecule has 2 atom stereocenters. The summed E-state index contributed by atoms with van der Waals surface area (Å²) in [5.74, 6) is 1.65. The number of rotatable bonds is 4. The second-order valence-corrected chi connectivity index (χ2v) is 6.06. The second kappa shape index (κ2) is 5.38. The van der Waals surface area contributed by atoms with Crippen molar-refractivity contribution in [3.63, 3.8) is 0 Å². The van der Waals surface area contributed by atoms with E-state index >= 15 is 0 Å². The highest BCUT2D eigenvalue weighted by Gasteiger charge is 2.25. The predicted octanol–water partition coefficient (Wildman–Crippen LogP) is 2.94. The highest BCUT2D eigenvalue weighted by molar-refractivity contribution is 7.16. The topological polar surface area (TPSA) is 56.7 Å². The van der Waals surface area contributed by atoms with Crippen LogP contribution in [0.2, 0.25) is 4.34 Å². The Morgan fingerprint density at radius 2 is 2.17 bits per heavy atom. The van der Waals surface area contributed by atoms with Crippen molar-refractivity contribution >= 4 is 22.9 Å². The third-order valence-electron chi connectivity index (χ3n) is 2.93. The molecule has 4 nitrogen and oxygen atoms in total. The van der Waals surface area contributed by atoms with E-state index in [2.05, 4.69) is 17.0 Å². The maximum atomic E-state index is 6.24. The highest BCUT2D eigenvalue weighted by Crippen LogP contribution is 2.31. The lowest BCUT2D eigenvalue weighted by Crippen LogP contribution is -2.33. The van der Waals surface area contributed by atoms with Crippen LogP contribution in [0, 0.1) is 13.8 Å². The minimum Gasteiger partial charge on any atom is -0.326 e. The summed E-state index contributed by atoms with van der Waals surface area (Å²) in [4.78, 5) is 5.48. The van der Waals surface area contributed by atoms with Gasteiger partial charge in [-0.2, -0.15) is 5.10 Å². The van der Waals surface area contributed by atoms with Gasteiger partial charge in [0.15, 0.2) is 0 Å². The third kappa shape index (κ3) is 2.58. The molecule has 0 saturated carbocycles. The average molecular weight is 285 g/mol. The van der Waals surface area contributed by atoms with Gasteiger partial charge in [0.2, 0.25) is 0 Å². The van der Waals surface area contributed by atoms with Gasteiger partial charge in [-0.25, -0.2) is 9.67 Å². The lowest BCUT2D eigenvalue weighted by Gasteiger charge is -2.22. The van der Waals surface area contributed by atoms with Gasteiger partial charge in [0.05, 0.1) is 4.34 Å². The van der Waals surface area contributed by atoms with Crippen molar-refractivity contribution in [2.24, 2.45) is 5.73 Å². The van der Waals surface area contributed by atoms with Crippen LogP contribution in [0.5, 0.6) is 0 Å². The Kier molecular flexibility index (Phi) is 4.04. The van der Waals surface area contributed by atoms with E-state index in [0.717, 1.165) is 27.3 Å². The molecule has 2 heterocycles. The predicted molar refractivity (Wildman–Crippen MR) is 75.2 cm³/mol. The number of hydrogen-bond donors (Lipinski definition) is 1. The van der Waals surface area contributed by atoms with Crippen molar-refractivity contribution < 1.29 is 0 Å². The summed E-state index contributed by atoms with van der Waals surface area (Å²) >= 11 is 7.57. The first-order valence-corrected chi connectivity index (χ1v) is 7.13. The Balaban J connectivity index is 2.46. The first kappa shape index (κ1) is 13.5. The van der Waals surface area contributed by atoms with Crippen LogP contribution >= 0.6 is 22.9 Å². The first-order valence-electron chi connectivity index (χ1n) is 5.93. The molecular formula is C12H17ClN4S. The van der Waals surface area contributed by atoms with Crippen molar-refractivity contribution in [2.75, 3.05) is 0 Å². The van der Waals surface area contributed by atoms with E-state index in [-0.39, 0.29) is 12.1 Å². The monoisotopic (exact) mass is 284 g/mol. The Labute approximate surface area is 116 Å². The number of nitrogens with two attached hydrogens (primary N) is 1. The smallest absolute Gasteiger partial charge is 0.147 e. The summed E-state index contributed by atoms with van der Waals surface area (Å²) in [6.07, 6.45) is 0.874. The molecule has 0 bridgehead atoms. The zero-order valence-electron chi connectivity index (χ0n) is 10.7. The molecule has 0 fully saturated rings. The molecule has 2 aromatic rings. The lowest BCUT2D eigenvalue weighted by atomic mass is 10.1. The normalized spacial score (nSPS) is 14.7.